The first-order valence-electron chi connectivity index (χ1n) is 5.68. The molecule has 3 saturated carbocycles. The zero-order valence-electron chi connectivity index (χ0n) is 10.4. The molecule has 0 amide bonds. The molecule has 2 N–H and O–H groups in total. The van der Waals surface area contributed by atoms with Gasteiger partial charge in [-0.15, -0.1) is 12.4 Å². The minimum atomic E-state index is -0.397. The highest BCUT2D eigenvalue weighted by Gasteiger charge is 2.63. The summed E-state index contributed by atoms with van der Waals surface area (Å²) in [5, 5.41) is 0. The molecule has 0 spiro atoms. The molecule has 0 heterocycles. The molecule has 3 rings (SSSR count). The third kappa shape index (κ3) is 1.56. The average molecular weight is 248 g/mol. The normalized spacial score (nSPS) is 43.9. The van der Waals surface area contributed by atoms with Crippen molar-refractivity contribution < 1.29 is 9.53 Å². The van der Waals surface area contributed by atoms with Crippen LogP contribution in [0, 0.1) is 23.2 Å². The molecule has 16 heavy (non-hydrogen) atoms. The van der Waals surface area contributed by atoms with Crippen LogP contribution in [-0.4, -0.2) is 18.6 Å². The summed E-state index contributed by atoms with van der Waals surface area (Å²) < 4.78 is 4.84. The van der Waals surface area contributed by atoms with E-state index in [1.165, 1.54) is 13.5 Å². The lowest BCUT2D eigenvalue weighted by Gasteiger charge is -2.65. The van der Waals surface area contributed by atoms with E-state index in [0.717, 1.165) is 6.42 Å². The molecular formula is C12H22ClNO2. The highest BCUT2D eigenvalue weighted by molar-refractivity contribution is 5.85. The molecule has 0 aromatic carbocycles. The van der Waals surface area contributed by atoms with Gasteiger partial charge in [-0.2, -0.15) is 0 Å². The van der Waals surface area contributed by atoms with Crippen LogP contribution in [0.1, 0.15) is 33.6 Å². The van der Waals surface area contributed by atoms with Crippen molar-refractivity contribution in [3.05, 3.63) is 0 Å². The van der Waals surface area contributed by atoms with Crippen molar-refractivity contribution in [3.63, 3.8) is 0 Å². The van der Waals surface area contributed by atoms with Crippen molar-refractivity contribution in [1.29, 1.82) is 0 Å². The van der Waals surface area contributed by atoms with E-state index in [4.69, 9.17) is 10.5 Å². The molecule has 4 heteroatoms. The van der Waals surface area contributed by atoms with Crippen LogP contribution in [0.3, 0.4) is 0 Å². The molecule has 0 aromatic rings. The third-order valence-corrected chi connectivity index (χ3v) is 4.98. The molecule has 0 radical (unpaired) electrons. The second kappa shape index (κ2) is 3.88. The lowest BCUT2D eigenvalue weighted by Crippen LogP contribution is -2.69. The van der Waals surface area contributed by atoms with E-state index in [-0.39, 0.29) is 24.3 Å². The van der Waals surface area contributed by atoms with Gasteiger partial charge in [-0.05, 0) is 37.0 Å². The van der Waals surface area contributed by atoms with E-state index in [1.54, 1.807) is 0 Å². The van der Waals surface area contributed by atoms with Crippen LogP contribution < -0.4 is 5.73 Å². The van der Waals surface area contributed by atoms with Crippen LogP contribution in [0.2, 0.25) is 0 Å². The lowest BCUT2D eigenvalue weighted by atomic mass is 9.41. The zero-order valence-corrected chi connectivity index (χ0v) is 11.3. The highest BCUT2D eigenvalue weighted by atomic mass is 35.5. The standard InChI is InChI=1S/C12H21NO2.ClH/c1-11(2)7-5-8(10(14)15-4)12(3,13)9(11)6-7;/h7-9H,5-6,13H2,1-4H3;1H/t7-,8+,9+,12-;/m0./s1. The second-order valence-electron chi connectivity index (χ2n) is 5.98. The Bertz CT molecular complexity index is 301. The molecule has 3 fully saturated rings. The number of carbonyl (C=O) groups excluding carboxylic acids is 1. The van der Waals surface area contributed by atoms with Crippen molar-refractivity contribution in [1.82, 2.24) is 0 Å². The number of fused-ring (bicyclic) bond motifs is 2. The fourth-order valence-electron chi connectivity index (χ4n) is 3.75. The summed E-state index contributed by atoms with van der Waals surface area (Å²) in [4.78, 5) is 11.7. The zero-order chi connectivity index (χ0) is 11.4. The Morgan fingerprint density at radius 1 is 1.31 bits per heavy atom. The summed E-state index contributed by atoms with van der Waals surface area (Å²) in [6.45, 7) is 6.55. The molecule has 94 valence electrons. The second-order valence-corrected chi connectivity index (χ2v) is 5.98. The minimum Gasteiger partial charge on any atom is -0.469 e. The van der Waals surface area contributed by atoms with Crippen LogP contribution in [-0.2, 0) is 9.53 Å². The molecule has 3 aliphatic rings. The fraction of sp³-hybridized carbons (Fsp3) is 0.917. The number of ether oxygens (including phenoxy) is 1. The number of methoxy groups -OCH3 is 1. The van der Waals surface area contributed by atoms with Gasteiger partial charge in [-0.3, -0.25) is 4.79 Å². The summed E-state index contributed by atoms with van der Waals surface area (Å²) in [5.41, 5.74) is 6.26. The van der Waals surface area contributed by atoms with E-state index in [2.05, 4.69) is 13.8 Å². The van der Waals surface area contributed by atoms with Crippen LogP contribution >= 0.6 is 12.4 Å². The minimum absolute atomic E-state index is 0. The Kier molecular flexibility index (Phi) is 3.34. The van der Waals surface area contributed by atoms with Gasteiger partial charge in [0.2, 0.25) is 0 Å². The third-order valence-electron chi connectivity index (χ3n) is 4.98. The first kappa shape index (κ1) is 13.8. The van der Waals surface area contributed by atoms with Crippen LogP contribution in [0.4, 0.5) is 0 Å². The van der Waals surface area contributed by atoms with Gasteiger partial charge in [0.15, 0.2) is 0 Å². The first-order chi connectivity index (χ1) is 6.81. The molecule has 0 aliphatic heterocycles. The molecular weight excluding hydrogens is 226 g/mol. The maximum Gasteiger partial charge on any atom is 0.310 e. The van der Waals surface area contributed by atoms with Gasteiger partial charge >= 0.3 is 5.97 Å². The topological polar surface area (TPSA) is 52.3 Å². The molecule has 2 bridgehead atoms. The van der Waals surface area contributed by atoms with E-state index in [0.29, 0.717) is 17.3 Å². The monoisotopic (exact) mass is 247 g/mol. The van der Waals surface area contributed by atoms with Crippen molar-refractivity contribution in [2.45, 2.75) is 39.2 Å². The first-order valence-corrected chi connectivity index (χ1v) is 5.68. The SMILES string of the molecule is COC(=O)[C@H]1C[C@H]2C[C@H](C2(C)C)[C@@]1(C)N.Cl. The van der Waals surface area contributed by atoms with Crippen LogP contribution in [0.15, 0.2) is 0 Å². The number of nitrogens with two attached hydrogens (primary N) is 1. The smallest absolute Gasteiger partial charge is 0.310 e. The van der Waals surface area contributed by atoms with E-state index in [9.17, 15) is 4.79 Å². The van der Waals surface area contributed by atoms with Crippen molar-refractivity contribution in [2.24, 2.45) is 28.9 Å². The maximum absolute atomic E-state index is 11.7. The molecule has 0 saturated heterocycles. The summed E-state index contributed by atoms with van der Waals surface area (Å²) in [7, 11) is 1.45. The van der Waals surface area contributed by atoms with Crippen LogP contribution in [0.5, 0.6) is 0 Å². The molecule has 0 aromatic heterocycles. The van der Waals surface area contributed by atoms with Gasteiger partial charge in [-0.25, -0.2) is 0 Å². The Hall–Kier alpha value is -0.280. The number of rotatable bonds is 1. The molecule has 4 atom stereocenters. The van der Waals surface area contributed by atoms with E-state index < -0.39 is 5.54 Å². The average Bonchev–Trinajstić information content (AvgIpc) is 2.14. The highest BCUT2D eigenvalue weighted by Crippen LogP contribution is 2.63. The summed E-state index contributed by atoms with van der Waals surface area (Å²) >= 11 is 0. The van der Waals surface area contributed by atoms with Crippen molar-refractivity contribution in [3.8, 4) is 0 Å². The molecule has 0 unspecified atom stereocenters. The van der Waals surface area contributed by atoms with Gasteiger partial charge in [0.1, 0.15) is 0 Å². The van der Waals surface area contributed by atoms with Crippen molar-refractivity contribution in [2.75, 3.05) is 7.11 Å². The number of esters is 1. The Balaban J connectivity index is 0.00000128. The Labute approximate surface area is 104 Å². The maximum atomic E-state index is 11.7. The van der Waals surface area contributed by atoms with E-state index >= 15 is 0 Å². The van der Waals surface area contributed by atoms with Gasteiger partial charge in [0, 0.05) is 5.54 Å². The quantitative estimate of drug-likeness (QED) is 0.721. The van der Waals surface area contributed by atoms with Gasteiger partial charge in [0.05, 0.1) is 13.0 Å². The molecule has 3 aliphatic carbocycles. The number of hydrogen-bond donors (Lipinski definition) is 1. The summed E-state index contributed by atoms with van der Waals surface area (Å²) in [6, 6.07) is 0. The predicted molar refractivity (Wildman–Crippen MR) is 65.3 cm³/mol. The van der Waals surface area contributed by atoms with E-state index in [1.807, 2.05) is 6.92 Å². The molecule has 3 nitrogen and oxygen atoms in total. The summed E-state index contributed by atoms with van der Waals surface area (Å²) in [5.74, 6) is 0.848. The van der Waals surface area contributed by atoms with Crippen LogP contribution in [0.25, 0.3) is 0 Å². The number of halogens is 1. The van der Waals surface area contributed by atoms with Crippen molar-refractivity contribution >= 4 is 18.4 Å². The van der Waals surface area contributed by atoms with Gasteiger partial charge in [-0.1, -0.05) is 13.8 Å². The Morgan fingerprint density at radius 3 is 2.25 bits per heavy atom. The Morgan fingerprint density at radius 2 is 1.88 bits per heavy atom. The number of carbonyl (C=O) groups is 1. The largest absolute Gasteiger partial charge is 0.469 e. The number of hydrogen-bond acceptors (Lipinski definition) is 3. The lowest BCUT2D eigenvalue weighted by molar-refractivity contribution is -0.175. The van der Waals surface area contributed by atoms with Gasteiger partial charge in [0.25, 0.3) is 0 Å². The predicted octanol–water partition coefficient (Wildman–Crippen LogP) is 1.98. The summed E-state index contributed by atoms with van der Waals surface area (Å²) in [6.07, 6.45) is 2.07. The fourth-order valence-corrected chi connectivity index (χ4v) is 3.75. The van der Waals surface area contributed by atoms with Gasteiger partial charge < -0.3 is 10.5 Å².